The molecule has 7 heteroatoms. The lowest BCUT2D eigenvalue weighted by Crippen LogP contribution is -2.36. The first kappa shape index (κ1) is 17.7. The van der Waals surface area contributed by atoms with Gasteiger partial charge in [-0.3, -0.25) is 4.79 Å². The Bertz CT molecular complexity index is 615. The molecule has 2 aromatic rings. The van der Waals surface area contributed by atoms with Crippen LogP contribution < -0.4 is 14.8 Å². The number of hydrogen-bond donors (Lipinski definition) is 1. The molecule has 0 saturated heterocycles. The van der Waals surface area contributed by atoms with E-state index < -0.39 is 6.29 Å². The quantitative estimate of drug-likeness (QED) is 0.708. The molecule has 0 aliphatic rings. The lowest BCUT2D eigenvalue weighted by atomic mass is 10.3. The molecule has 0 aliphatic heterocycles. The Kier molecular flexibility index (Phi) is 7.00. The van der Waals surface area contributed by atoms with Gasteiger partial charge in [-0.2, -0.15) is 0 Å². The van der Waals surface area contributed by atoms with Crippen LogP contribution in [0.25, 0.3) is 0 Å². The summed E-state index contributed by atoms with van der Waals surface area (Å²) in [5.41, 5.74) is 0. The molecule has 0 atom stereocenters. The lowest BCUT2D eigenvalue weighted by molar-refractivity contribution is -0.129. The van der Waals surface area contributed by atoms with Gasteiger partial charge in [0.2, 0.25) is 5.88 Å². The number of pyridine rings is 1. The van der Waals surface area contributed by atoms with Crippen LogP contribution in [0.1, 0.15) is 0 Å². The predicted molar refractivity (Wildman–Crippen MR) is 87.1 cm³/mol. The maximum atomic E-state index is 11.7. The topological polar surface area (TPSA) is 78.9 Å². The molecule has 0 saturated carbocycles. The molecular weight excluding hydrogens is 312 g/mol. The number of nitrogens with zero attached hydrogens (tertiary/aromatic N) is 1. The van der Waals surface area contributed by atoms with Crippen molar-refractivity contribution in [3.63, 3.8) is 0 Å². The highest BCUT2D eigenvalue weighted by molar-refractivity contribution is 5.77. The number of amides is 1. The van der Waals surface area contributed by atoms with Gasteiger partial charge in [0.05, 0.1) is 6.54 Å². The van der Waals surface area contributed by atoms with Crippen molar-refractivity contribution in [2.45, 2.75) is 6.29 Å². The van der Waals surface area contributed by atoms with Crippen LogP contribution in [0.15, 0.2) is 48.7 Å². The molecule has 1 heterocycles. The van der Waals surface area contributed by atoms with E-state index >= 15 is 0 Å². The van der Waals surface area contributed by atoms with Crippen LogP contribution in [-0.4, -0.2) is 44.6 Å². The molecule has 2 rings (SSSR count). The number of ether oxygens (including phenoxy) is 4. The fourth-order valence-electron chi connectivity index (χ4n) is 1.79. The molecule has 7 nitrogen and oxygen atoms in total. The minimum absolute atomic E-state index is 0.0966. The number of methoxy groups -OCH3 is 2. The van der Waals surface area contributed by atoms with E-state index in [0.29, 0.717) is 17.4 Å². The highest BCUT2D eigenvalue weighted by Gasteiger charge is 2.08. The zero-order valence-electron chi connectivity index (χ0n) is 13.6. The summed E-state index contributed by atoms with van der Waals surface area (Å²) in [6.45, 7) is 0.159. The van der Waals surface area contributed by atoms with Crippen molar-refractivity contribution >= 4 is 5.91 Å². The van der Waals surface area contributed by atoms with Gasteiger partial charge in [0.1, 0.15) is 11.5 Å². The van der Waals surface area contributed by atoms with Gasteiger partial charge in [-0.1, -0.05) is 6.07 Å². The Labute approximate surface area is 140 Å². The minimum Gasteiger partial charge on any atom is -0.484 e. The van der Waals surface area contributed by atoms with Crippen molar-refractivity contribution in [1.29, 1.82) is 0 Å². The second kappa shape index (κ2) is 9.49. The maximum Gasteiger partial charge on any atom is 0.258 e. The summed E-state index contributed by atoms with van der Waals surface area (Å²) in [5.74, 6) is 1.45. The number of carbonyl (C=O) groups excluding carboxylic acids is 1. The molecule has 0 radical (unpaired) electrons. The zero-order chi connectivity index (χ0) is 17.2. The van der Waals surface area contributed by atoms with Crippen LogP contribution in [0, 0.1) is 0 Å². The Hall–Kier alpha value is -2.64. The number of nitrogens with one attached hydrogen (secondary N) is 1. The average molecular weight is 332 g/mol. The van der Waals surface area contributed by atoms with E-state index in [0.717, 1.165) is 0 Å². The monoisotopic (exact) mass is 332 g/mol. The first-order valence-corrected chi connectivity index (χ1v) is 7.35. The molecule has 1 amide bonds. The van der Waals surface area contributed by atoms with Crippen LogP contribution in [-0.2, 0) is 14.3 Å². The van der Waals surface area contributed by atoms with Gasteiger partial charge in [-0.05, 0) is 30.3 Å². The molecule has 0 unspecified atom stereocenters. The second-order valence-electron chi connectivity index (χ2n) is 4.74. The number of hydrogen-bond acceptors (Lipinski definition) is 6. The summed E-state index contributed by atoms with van der Waals surface area (Å²) >= 11 is 0. The number of benzene rings is 1. The molecule has 1 aromatic carbocycles. The van der Waals surface area contributed by atoms with Gasteiger partial charge < -0.3 is 24.3 Å². The maximum absolute atomic E-state index is 11.7. The lowest BCUT2D eigenvalue weighted by Gasteiger charge is -2.14. The summed E-state index contributed by atoms with van der Waals surface area (Å²) in [5, 5.41) is 2.65. The smallest absolute Gasteiger partial charge is 0.258 e. The molecule has 1 aromatic heterocycles. The first-order valence-electron chi connectivity index (χ1n) is 7.35. The molecule has 0 spiro atoms. The van der Waals surface area contributed by atoms with E-state index in [-0.39, 0.29) is 19.1 Å². The van der Waals surface area contributed by atoms with Gasteiger partial charge in [-0.25, -0.2) is 4.98 Å². The SMILES string of the molecule is COC(CNC(=O)COc1ccc(Oc2ccccn2)cc1)OC. The fraction of sp³-hybridized carbons (Fsp3) is 0.294. The second-order valence-corrected chi connectivity index (χ2v) is 4.74. The molecule has 1 N–H and O–H groups in total. The van der Waals surface area contributed by atoms with Gasteiger partial charge in [0.25, 0.3) is 5.91 Å². The minimum atomic E-state index is -0.475. The van der Waals surface area contributed by atoms with Crippen LogP contribution in [0.5, 0.6) is 17.4 Å². The normalized spacial score (nSPS) is 10.5. The zero-order valence-corrected chi connectivity index (χ0v) is 13.6. The molecule has 0 fully saturated rings. The van der Waals surface area contributed by atoms with E-state index in [1.165, 1.54) is 14.2 Å². The highest BCUT2D eigenvalue weighted by Crippen LogP contribution is 2.22. The van der Waals surface area contributed by atoms with E-state index in [9.17, 15) is 4.79 Å². The Morgan fingerprint density at radius 3 is 2.42 bits per heavy atom. The van der Waals surface area contributed by atoms with Crippen LogP contribution in [0.4, 0.5) is 0 Å². The van der Waals surface area contributed by atoms with E-state index in [2.05, 4.69) is 10.3 Å². The van der Waals surface area contributed by atoms with Gasteiger partial charge in [0, 0.05) is 26.5 Å². The fourth-order valence-corrected chi connectivity index (χ4v) is 1.79. The van der Waals surface area contributed by atoms with Crippen LogP contribution in [0.3, 0.4) is 0 Å². The third-order valence-electron chi connectivity index (χ3n) is 3.05. The molecule has 24 heavy (non-hydrogen) atoms. The van der Waals surface area contributed by atoms with Crippen molar-refractivity contribution < 1.29 is 23.7 Å². The molecule has 0 aliphatic carbocycles. The molecule has 128 valence electrons. The van der Waals surface area contributed by atoms with Gasteiger partial charge in [0.15, 0.2) is 12.9 Å². The third kappa shape index (κ3) is 5.86. The number of rotatable bonds is 9. The van der Waals surface area contributed by atoms with Crippen LogP contribution >= 0.6 is 0 Å². The molecular formula is C17H20N2O5. The largest absolute Gasteiger partial charge is 0.484 e. The summed E-state index contributed by atoms with van der Waals surface area (Å²) in [4.78, 5) is 15.8. The first-order chi connectivity index (χ1) is 11.7. The van der Waals surface area contributed by atoms with Crippen molar-refractivity contribution in [3.05, 3.63) is 48.7 Å². The highest BCUT2D eigenvalue weighted by atomic mass is 16.7. The summed E-state index contributed by atoms with van der Waals surface area (Å²) < 4.78 is 20.9. The van der Waals surface area contributed by atoms with E-state index in [1.807, 2.05) is 12.1 Å². The molecule has 0 bridgehead atoms. The third-order valence-corrected chi connectivity index (χ3v) is 3.05. The average Bonchev–Trinajstić information content (AvgIpc) is 2.63. The summed E-state index contributed by atoms with van der Waals surface area (Å²) in [7, 11) is 3.01. The van der Waals surface area contributed by atoms with Crippen LogP contribution in [0.2, 0.25) is 0 Å². The van der Waals surface area contributed by atoms with Crippen molar-refractivity contribution in [2.24, 2.45) is 0 Å². The predicted octanol–water partition coefficient (Wildman–Crippen LogP) is 1.99. The van der Waals surface area contributed by atoms with Gasteiger partial charge >= 0.3 is 0 Å². The van der Waals surface area contributed by atoms with Crippen molar-refractivity contribution in [3.8, 4) is 17.4 Å². The summed E-state index contributed by atoms with van der Waals surface area (Å²) in [6, 6.07) is 12.4. The van der Waals surface area contributed by atoms with Crippen molar-refractivity contribution in [2.75, 3.05) is 27.4 Å². The van der Waals surface area contributed by atoms with E-state index in [1.54, 1.807) is 36.5 Å². The number of aromatic nitrogens is 1. The number of carbonyl (C=O) groups is 1. The Morgan fingerprint density at radius 2 is 1.79 bits per heavy atom. The van der Waals surface area contributed by atoms with Gasteiger partial charge in [-0.15, -0.1) is 0 Å². The Balaban J connectivity index is 1.76. The standard InChI is InChI=1S/C17H20N2O5/c1-21-17(22-2)11-19-15(20)12-23-13-6-8-14(9-7-13)24-16-5-3-4-10-18-16/h3-10,17H,11-12H2,1-2H3,(H,19,20). The summed E-state index contributed by atoms with van der Waals surface area (Å²) in [6.07, 6.45) is 1.18. The Morgan fingerprint density at radius 1 is 1.08 bits per heavy atom. The van der Waals surface area contributed by atoms with Crippen molar-refractivity contribution in [1.82, 2.24) is 10.3 Å². The van der Waals surface area contributed by atoms with E-state index in [4.69, 9.17) is 18.9 Å².